The van der Waals surface area contributed by atoms with Crippen LogP contribution in [0.5, 0.6) is 0 Å². The van der Waals surface area contributed by atoms with Crippen LogP contribution in [0.3, 0.4) is 0 Å². The molecule has 1 unspecified atom stereocenters. The molecule has 1 aliphatic heterocycles. The fourth-order valence-corrected chi connectivity index (χ4v) is 0.877. The summed E-state index contributed by atoms with van der Waals surface area (Å²) in [4.78, 5) is 0. The molecule has 0 aromatic carbocycles. The first-order valence-corrected chi connectivity index (χ1v) is 3.57. The summed E-state index contributed by atoms with van der Waals surface area (Å²) in [6.45, 7) is 5.20. The van der Waals surface area contributed by atoms with E-state index in [0.717, 1.165) is 19.6 Å². The van der Waals surface area contributed by atoms with Gasteiger partial charge in [-0.05, 0) is 13.0 Å². The first-order chi connectivity index (χ1) is 4.43. The van der Waals surface area contributed by atoms with Gasteiger partial charge in [-0.2, -0.15) is 0 Å². The Morgan fingerprint density at radius 2 is 2.67 bits per heavy atom. The topological polar surface area (TPSA) is 38.2 Å². The Kier molecular flexibility index (Phi) is 2.97. The molecule has 0 amide bonds. The smallest absolute Gasteiger partial charge is 0.127 e. The maximum atomic E-state index is 4.25. The van der Waals surface area contributed by atoms with E-state index in [1.54, 1.807) is 0 Å². The fourth-order valence-electron chi connectivity index (χ4n) is 0.877. The van der Waals surface area contributed by atoms with Crippen molar-refractivity contribution in [3.05, 3.63) is 0 Å². The normalized spacial score (nSPS) is 21.0. The van der Waals surface area contributed by atoms with Crippen LogP contribution in [0, 0.1) is 0 Å². The third-order valence-electron chi connectivity index (χ3n) is 1.35. The molecule has 2 N–H and O–H groups in total. The van der Waals surface area contributed by atoms with Crippen molar-refractivity contribution in [1.29, 1.82) is 0 Å². The predicted octanol–water partition coefficient (Wildman–Crippen LogP) is -0.523. The van der Waals surface area contributed by atoms with Gasteiger partial charge < -0.3 is 0 Å². The summed E-state index contributed by atoms with van der Waals surface area (Å²) in [6.07, 6.45) is 1.42. The van der Waals surface area contributed by atoms with Crippen LogP contribution in [0.2, 0.25) is 0 Å². The molecule has 0 aliphatic carbocycles. The second-order valence-corrected chi connectivity index (χ2v) is 2.22. The molecule has 1 fully saturated rings. The van der Waals surface area contributed by atoms with Crippen LogP contribution in [0.25, 0.3) is 0 Å². The van der Waals surface area contributed by atoms with Crippen LogP contribution in [-0.2, 0) is 0 Å². The van der Waals surface area contributed by atoms with E-state index in [9.17, 15) is 0 Å². The molecule has 9 heavy (non-hydrogen) atoms. The molecule has 3 heteroatoms. The summed E-state index contributed by atoms with van der Waals surface area (Å²) in [6, 6.07) is 0. The minimum atomic E-state index is 0.241. The van der Waals surface area contributed by atoms with Gasteiger partial charge in [0.15, 0.2) is 0 Å². The van der Waals surface area contributed by atoms with Gasteiger partial charge in [-0.15, -0.1) is 0 Å². The summed E-state index contributed by atoms with van der Waals surface area (Å²) < 4.78 is 0. The Labute approximate surface area is 56.2 Å². The Hall–Kier alpha value is -0.120. The van der Waals surface area contributed by atoms with Gasteiger partial charge in [0.25, 0.3) is 0 Å². The zero-order valence-electron chi connectivity index (χ0n) is 5.85. The molecule has 0 spiro atoms. The van der Waals surface area contributed by atoms with E-state index in [4.69, 9.17) is 0 Å². The Morgan fingerprint density at radius 1 is 1.78 bits per heavy atom. The molecule has 1 rings (SSSR count). The highest BCUT2D eigenvalue weighted by Crippen LogP contribution is 1.82. The average molecular weight is 128 g/mol. The minimum absolute atomic E-state index is 0.241. The van der Waals surface area contributed by atoms with Gasteiger partial charge in [-0.3, -0.25) is 10.6 Å². The third kappa shape index (κ3) is 2.30. The Balaban J connectivity index is 1.98. The molecule has 0 aromatic rings. The van der Waals surface area contributed by atoms with E-state index >= 15 is 0 Å². The van der Waals surface area contributed by atoms with Gasteiger partial charge in [-0.1, -0.05) is 6.92 Å². The third-order valence-corrected chi connectivity index (χ3v) is 1.35. The summed E-state index contributed by atoms with van der Waals surface area (Å²) in [5.41, 5.74) is 0. The zero-order valence-corrected chi connectivity index (χ0v) is 5.85. The van der Waals surface area contributed by atoms with Gasteiger partial charge in [0.05, 0.1) is 0 Å². The lowest BCUT2D eigenvalue weighted by atomic mass is 10.5. The lowest BCUT2D eigenvalue weighted by molar-refractivity contribution is 0.439. The highest BCUT2D eigenvalue weighted by Gasteiger charge is 2.11. The SMILES string of the molecule is CCCNC1[N]CCN1. The van der Waals surface area contributed by atoms with E-state index < -0.39 is 0 Å². The number of hydrogen-bond acceptors (Lipinski definition) is 2. The number of hydrogen-bond donors (Lipinski definition) is 2. The lowest BCUT2D eigenvalue weighted by Gasteiger charge is -2.09. The molecular weight excluding hydrogens is 114 g/mol. The fraction of sp³-hybridized carbons (Fsp3) is 1.00. The lowest BCUT2D eigenvalue weighted by Crippen LogP contribution is -2.42. The van der Waals surface area contributed by atoms with E-state index in [0.29, 0.717) is 0 Å². The van der Waals surface area contributed by atoms with Crippen LogP contribution < -0.4 is 16.0 Å². The molecule has 0 bridgehead atoms. The molecule has 53 valence electrons. The van der Waals surface area contributed by atoms with Crippen molar-refractivity contribution in [2.45, 2.75) is 19.6 Å². The van der Waals surface area contributed by atoms with Crippen LogP contribution in [-0.4, -0.2) is 25.9 Å². The van der Waals surface area contributed by atoms with Crippen LogP contribution in [0.1, 0.15) is 13.3 Å². The predicted molar refractivity (Wildman–Crippen MR) is 37.1 cm³/mol. The summed E-state index contributed by atoms with van der Waals surface area (Å²) in [7, 11) is 0. The second-order valence-electron chi connectivity index (χ2n) is 2.22. The molecule has 0 saturated carbocycles. The number of nitrogens with zero attached hydrogens (tertiary/aromatic N) is 1. The second kappa shape index (κ2) is 3.82. The molecule has 1 heterocycles. The molecule has 1 aliphatic rings. The maximum absolute atomic E-state index is 4.25. The monoisotopic (exact) mass is 128 g/mol. The van der Waals surface area contributed by atoms with Crippen molar-refractivity contribution in [1.82, 2.24) is 16.0 Å². The van der Waals surface area contributed by atoms with Crippen molar-refractivity contribution in [3.63, 3.8) is 0 Å². The van der Waals surface area contributed by atoms with Gasteiger partial charge in [0.2, 0.25) is 0 Å². The number of nitrogens with one attached hydrogen (secondary N) is 2. The molecule has 1 atom stereocenters. The molecule has 0 aromatic heterocycles. The summed E-state index contributed by atoms with van der Waals surface area (Å²) in [5, 5.41) is 10.7. The first-order valence-electron chi connectivity index (χ1n) is 3.57. The van der Waals surface area contributed by atoms with Gasteiger partial charge in [0.1, 0.15) is 6.29 Å². The Morgan fingerprint density at radius 3 is 3.22 bits per heavy atom. The quantitative estimate of drug-likeness (QED) is 0.536. The maximum Gasteiger partial charge on any atom is 0.127 e. The molecule has 3 nitrogen and oxygen atoms in total. The van der Waals surface area contributed by atoms with Crippen molar-refractivity contribution in [3.8, 4) is 0 Å². The average Bonchev–Trinajstić information content (AvgIpc) is 2.34. The zero-order chi connectivity index (χ0) is 6.53. The summed E-state index contributed by atoms with van der Waals surface area (Å²) >= 11 is 0. The minimum Gasteiger partial charge on any atom is -0.288 e. The van der Waals surface area contributed by atoms with E-state index in [1.807, 2.05) is 0 Å². The van der Waals surface area contributed by atoms with Crippen LogP contribution in [0.4, 0.5) is 0 Å². The first kappa shape index (κ1) is 6.99. The van der Waals surface area contributed by atoms with Crippen LogP contribution >= 0.6 is 0 Å². The van der Waals surface area contributed by atoms with E-state index in [1.165, 1.54) is 6.42 Å². The van der Waals surface area contributed by atoms with Crippen molar-refractivity contribution < 1.29 is 0 Å². The van der Waals surface area contributed by atoms with Crippen molar-refractivity contribution >= 4 is 0 Å². The van der Waals surface area contributed by atoms with Gasteiger partial charge in [-0.25, -0.2) is 5.32 Å². The standard InChI is InChI=1S/C6H14N3/c1-2-3-7-6-8-4-5-9-6/h6-8H,2-5H2,1H3. The van der Waals surface area contributed by atoms with Crippen molar-refractivity contribution in [2.24, 2.45) is 0 Å². The number of rotatable bonds is 3. The molecule has 1 radical (unpaired) electrons. The molecule has 1 saturated heterocycles. The van der Waals surface area contributed by atoms with E-state index in [2.05, 4.69) is 22.9 Å². The van der Waals surface area contributed by atoms with Crippen LogP contribution in [0.15, 0.2) is 0 Å². The van der Waals surface area contributed by atoms with E-state index in [-0.39, 0.29) is 6.29 Å². The van der Waals surface area contributed by atoms with Gasteiger partial charge in [0, 0.05) is 13.1 Å². The Bertz CT molecular complexity index is 68.7. The van der Waals surface area contributed by atoms with Crippen molar-refractivity contribution in [2.75, 3.05) is 19.6 Å². The largest absolute Gasteiger partial charge is 0.288 e. The highest BCUT2D eigenvalue weighted by atomic mass is 15.3. The van der Waals surface area contributed by atoms with Gasteiger partial charge >= 0.3 is 0 Å². The summed E-state index contributed by atoms with van der Waals surface area (Å²) in [5.74, 6) is 0. The highest BCUT2D eigenvalue weighted by molar-refractivity contribution is 4.68. The molecular formula is C6H14N3.